The van der Waals surface area contributed by atoms with E-state index in [-0.39, 0.29) is 11.7 Å². The second-order valence-electron chi connectivity index (χ2n) is 3.97. The van der Waals surface area contributed by atoms with Crippen molar-refractivity contribution in [2.24, 2.45) is 11.7 Å². The summed E-state index contributed by atoms with van der Waals surface area (Å²) >= 11 is 0. The molecular weight excluding hydrogens is 188 g/mol. The van der Waals surface area contributed by atoms with Crippen molar-refractivity contribution < 1.29 is 4.79 Å². The van der Waals surface area contributed by atoms with Crippen molar-refractivity contribution in [3.8, 4) is 0 Å². The third-order valence-electron chi connectivity index (χ3n) is 2.86. The molecule has 0 fully saturated rings. The van der Waals surface area contributed by atoms with Crippen LogP contribution in [0.1, 0.15) is 36.2 Å². The van der Waals surface area contributed by atoms with Crippen LogP contribution in [0.25, 0.3) is 0 Å². The molecule has 0 spiro atoms. The molecule has 82 valence electrons. The Morgan fingerprint density at radius 3 is 2.80 bits per heavy atom. The molecule has 15 heavy (non-hydrogen) atoms. The summed E-state index contributed by atoms with van der Waals surface area (Å²) in [5, 5.41) is 0. The highest BCUT2D eigenvalue weighted by molar-refractivity contribution is 6.01. The van der Waals surface area contributed by atoms with Crippen LogP contribution in [0, 0.1) is 12.8 Å². The second kappa shape index (κ2) is 5.03. The molecule has 3 heteroatoms. The van der Waals surface area contributed by atoms with E-state index in [1.807, 2.05) is 26.8 Å². The number of hydrogen-bond donors (Lipinski definition) is 1. The molecule has 0 amide bonds. The van der Waals surface area contributed by atoms with Gasteiger partial charge in [0.2, 0.25) is 0 Å². The van der Waals surface area contributed by atoms with Gasteiger partial charge in [-0.3, -0.25) is 9.78 Å². The average Bonchev–Trinajstić information content (AvgIpc) is 2.26. The van der Waals surface area contributed by atoms with E-state index in [1.54, 1.807) is 12.4 Å². The molecule has 1 heterocycles. The Bertz CT molecular complexity index is 349. The normalized spacial score (nSPS) is 14.7. The van der Waals surface area contributed by atoms with E-state index in [4.69, 9.17) is 5.73 Å². The first kappa shape index (κ1) is 11.9. The van der Waals surface area contributed by atoms with Crippen molar-refractivity contribution in [2.75, 3.05) is 0 Å². The van der Waals surface area contributed by atoms with Gasteiger partial charge in [0.1, 0.15) is 0 Å². The molecular formula is C12H18N2O. The quantitative estimate of drug-likeness (QED) is 0.766. The lowest BCUT2D eigenvalue weighted by Crippen LogP contribution is -2.37. The van der Waals surface area contributed by atoms with Gasteiger partial charge in [0.05, 0.1) is 6.04 Å². The van der Waals surface area contributed by atoms with E-state index in [2.05, 4.69) is 4.98 Å². The highest BCUT2D eigenvalue weighted by atomic mass is 16.1. The van der Waals surface area contributed by atoms with E-state index in [9.17, 15) is 4.79 Å². The zero-order valence-electron chi connectivity index (χ0n) is 9.53. The summed E-state index contributed by atoms with van der Waals surface area (Å²) in [4.78, 5) is 16.0. The highest BCUT2D eigenvalue weighted by Gasteiger charge is 2.22. The molecule has 2 unspecified atom stereocenters. The number of carbonyl (C=O) groups excluding carboxylic acids is 1. The first-order valence-corrected chi connectivity index (χ1v) is 5.28. The molecule has 0 aliphatic rings. The fourth-order valence-electron chi connectivity index (χ4n) is 1.41. The number of hydrogen-bond acceptors (Lipinski definition) is 3. The van der Waals surface area contributed by atoms with Crippen LogP contribution in [0.15, 0.2) is 18.5 Å². The molecule has 2 N–H and O–H groups in total. The number of carbonyl (C=O) groups is 1. The minimum absolute atomic E-state index is 0.00468. The molecule has 0 radical (unpaired) electrons. The van der Waals surface area contributed by atoms with Crippen LogP contribution in [-0.4, -0.2) is 16.8 Å². The molecule has 1 rings (SSSR count). The molecule has 1 aromatic heterocycles. The molecule has 0 bridgehead atoms. The molecule has 2 atom stereocenters. The van der Waals surface area contributed by atoms with Crippen molar-refractivity contribution in [3.63, 3.8) is 0 Å². The zero-order chi connectivity index (χ0) is 11.4. The van der Waals surface area contributed by atoms with Gasteiger partial charge in [-0.25, -0.2) is 0 Å². The third-order valence-corrected chi connectivity index (χ3v) is 2.86. The fraction of sp³-hybridized carbons (Fsp3) is 0.500. The predicted molar refractivity (Wildman–Crippen MR) is 60.7 cm³/mol. The Morgan fingerprint density at radius 1 is 1.60 bits per heavy atom. The maximum atomic E-state index is 12.0. The second-order valence-corrected chi connectivity index (χ2v) is 3.97. The van der Waals surface area contributed by atoms with Crippen LogP contribution in [0.2, 0.25) is 0 Å². The summed E-state index contributed by atoms with van der Waals surface area (Å²) in [6, 6.07) is 1.41. The molecule has 0 aliphatic heterocycles. The number of nitrogens with zero attached hydrogens (tertiary/aromatic N) is 1. The predicted octanol–water partition coefficient (Wildman–Crippen LogP) is 1.95. The molecule has 0 saturated carbocycles. The maximum absolute atomic E-state index is 12.0. The standard InChI is InChI=1S/C12H18N2O/c1-4-8(2)11(13)12(15)10-7-14-6-5-9(10)3/h5-8,11H,4,13H2,1-3H3. The molecule has 3 nitrogen and oxygen atoms in total. The van der Waals surface area contributed by atoms with Crippen LogP contribution < -0.4 is 5.73 Å². The average molecular weight is 206 g/mol. The lowest BCUT2D eigenvalue weighted by Gasteiger charge is -2.17. The number of aryl methyl sites for hydroxylation is 1. The smallest absolute Gasteiger partial charge is 0.181 e. The van der Waals surface area contributed by atoms with Crippen molar-refractivity contribution in [2.45, 2.75) is 33.2 Å². The van der Waals surface area contributed by atoms with E-state index in [0.717, 1.165) is 12.0 Å². The van der Waals surface area contributed by atoms with Crippen LogP contribution in [-0.2, 0) is 0 Å². The number of rotatable bonds is 4. The minimum Gasteiger partial charge on any atom is -0.321 e. The fourth-order valence-corrected chi connectivity index (χ4v) is 1.41. The molecule has 0 aromatic carbocycles. The van der Waals surface area contributed by atoms with E-state index in [1.165, 1.54) is 0 Å². The largest absolute Gasteiger partial charge is 0.321 e. The van der Waals surface area contributed by atoms with E-state index < -0.39 is 6.04 Å². The monoisotopic (exact) mass is 206 g/mol. The van der Waals surface area contributed by atoms with Gasteiger partial charge >= 0.3 is 0 Å². The van der Waals surface area contributed by atoms with Crippen molar-refractivity contribution in [3.05, 3.63) is 29.6 Å². The first-order valence-electron chi connectivity index (χ1n) is 5.28. The van der Waals surface area contributed by atoms with Gasteiger partial charge < -0.3 is 5.73 Å². The minimum atomic E-state index is -0.419. The van der Waals surface area contributed by atoms with Crippen molar-refractivity contribution in [1.29, 1.82) is 0 Å². The van der Waals surface area contributed by atoms with E-state index >= 15 is 0 Å². The van der Waals surface area contributed by atoms with Crippen LogP contribution in [0.5, 0.6) is 0 Å². The Morgan fingerprint density at radius 2 is 2.27 bits per heavy atom. The molecule has 0 aliphatic carbocycles. The summed E-state index contributed by atoms with van der Waals surface area (Å²) in [5.41, 5.74) is 7.48. The van der Waals surface area contributed by atoms with Gasteiger partial charge in [0.25, 0.3) is 0 Å². The van der Waals surface area contributed by atoms with Gasteiger partial charge in [-0.05, 0) is 24.5 Å². The third kappa shape index (κ3) is 2.63. The SMILES string of the molecule is CCC(C)C(N)C(=O)c1cnccc1C. The van der Waals surface area contributed by atoms with Crippen molar-refractivity contribution >= 4 is 5.78 Å². The number of pyridine rings is 1. The highest BCUT2D eigenvalue weighted by Crippen LogP contribution is 2.13. The number of aromatic nitrogens is 1. The number of nitrogens with two attached hydrogens (primary N) is 1. The summed E-state index contributed by atoms with van der Waals surface area (Å²) in [6.07, 6.45) is 4.19. The van der Waals surface area contributed by atoms with Gasteiger partial charge in [-0.1, -0.05) is 20.3 Å². The Labute approximate surface area is 90.7 Å². The Hall–Kier alpha value is -1.22. The number of ketones is 1. The van der Waals surface area contributed by atoms with Crippen LogP contribution in [0.4, 0.5) is 0 Å². The lowest BCUT2D eigenvalue weighted by molar-refractivity contribution is 0.0934. The molecule has 1 aromatic rings. The van der Waals surface area contributed by atoms with Crippen LogP contribution >= 0.6 is 0 Å². The van der Waals surface area contributed by atoms with Gasteiger partial charge in [0.15, 0.2) is 5.78 Å². The summed E-state index contributed by atoms with van der Waals surface area (Å²) in [6.45, 7) is 5.93. The molecule has 0 saturated heterocycles. The summed E-state index contributed by atoms with van der Waals surface area (Å²) < 4.78 is 0. The maximum Gasteiger partial charge on any atom is 0.181 e. The Balaban J connectivity index is 2.90. The van der Waals surface area contributed by atoms with E-state index in [0.29, 0.717) is 5.56 Å². The lowest BCUT2D eigenvalue weighted by atomic mass is 9.92. The topological polar surface area (TPSA) is 56.0 Å². The van der Waals surface area contributed by atoms with Crippen LogP contribution in [0.3, 0.4) is 0 Å². The van der Waals surface area contributed by atoms with Crippen molar-refractivity contribution in [1.82, 2.24) is 4.98 Å². The first-order chi connectivity index (χ1) is 7.07. The number of Topliss-reactive ketones (excluding diaryl/α,β-unsaturated/α-hetero) is 1. The van der Waals surface area contributed by atoms with Gasteiger partial charge in [0, 0.05) is 18.0 Å². The summed E-state index contributed by atoms with van der Waals surface area (Å²) in [5.74, 6) is 0.201. The van der Waals surface area contributed by atoms with Gasteiger partial charge in [-0.15, -0.1) is 0 Å². The zero-order valence-corrected chi connectivity index (χ0v) is 9.53. The van der Waals surface area contributed by atoms with Gasteiger partial charge in [-0.2, -0.15) is 0 Å². The summed E-state index contributed by atoms with van der Waals surface area (Å²) in [7, 11) is 0. The Kier molecular flexibility index (Phi) is 3.97.